The van der Waals surface area contributed by atoms with Gasteiger partial charge in [-0.05, 0) is 68.5 Å². The molecule has 1 aliphatic heterocycles. The van der Waals surface area contributed by atoms with Crippen molar-refractivity contribution in [3.05, 3.63) is 53.6 Å². The van der Waals surface area contributed by atoms with Gasteiger partial charge in [0.15, 0.2) is 18.1 Å². The Morgan fingerprint density at radius 3 is 2.50 bits per heavy atom. The summed E-state index contributed by atoms with van der Waals surface area (Å²) in [5.74, 6) is 0.681. The van der Waals surface area contributed by atoms with Gasteiger partial charge in [0.1, 0.15) is 0 Å². The number of rotatable bonds is 8. The van der Waals surface area contributed by atoms with Crippen molar-refractivity contribution in [1.29, 1.82) is 0 Å². The van der Waals surface area contributed by atoms with E-state index in [9.17, 15) is 9.59 Å². The Balaban J connectivity index is 1.67. The molecule has 2 aromatic carbocycles. The monoisotopic (exact) mass is 410 g/mol. The molecule has 1 fully saturated rings. The van der Waals surface area contributed by atoms with Gasteiger partial charge in [-0.3, -0.25) is 9.59 Å². The summed E-state index contributed by atoms with van der Waals surface area (Å²) >= 11 is 0. The molecular formula is C24H30N2O4. The fourth-order valence-corrected chi connectivity index (χ4v) is 3.48. The van der Waals surface area contributed by atoms with Gasteiger partial charge in [-0.25, -0.2) is 0 Å². The molecule has 30 heavy (non-hydrogen) atoms. The summed E-state index contributed by atoms with van der Waals surface area (Å²) in [6.07, 6.45) is 4.16. The molecule has 6 nitrogen and oxygen atoms in total. The van der Waals surface area contributed by atoms with E-state index >= 15 is 0 Å². The highest BCUT2D eigenvalue weighted by molar-refractivity contribution is 6.04. The maximum Gasteiger partial charge on any atom is 0.260 e. The zero-order chi connectivity index (χ0) is 21.3. The number of anilines is 1. The number of likely N-dealkylation sites (tertiary alicyclic amines) is 1. The van der Waals surface area contributed by atoms with Crippen molar-refractivity contribution in [2.45, 2.75) is 39.5 Å². The molecule has 1 saturated heterocycles. The molecular weight excluding hydrogens is 380 g/mol. The van der Waals surface area contributed by atoms with E-state index in [1.165, 1.54) is 6.42 Å². The van der Waals surface area contributed by atoms with Crippen molar-refractivity contribution in [3.8, 4) is 11.5 Å². The van der Waals surface area contributed by atoms with Crippen molar-refractivity contribution in [3.63, 3.8) is 0 Å². The van der Waals surface area contributed by atoms with Crippen LogP contribution in [0.5, 0.6) is 11.5 Å². The fraction of sp³-hybridized carbons (Fsp3) is 0.417. The topological polar surface area (TPSA) is 67.9 Å². The molecule has 160 valence electrons. The molecule has 1 heterocycles. The highest BCUT2D eigenvalue weighted by Crippen LogP contribution is 2.29. The van der Waals surface area contributed by atoms with Crippen LogP contribution in [0.15, 0.2) is 42.5 Å². The summed E-state index contributed by atoms with van der Waals surface area (Å²) in [7, 11) is 0. The van der Waals surface area contributed by atoms with Crippen LogP contribution in [0.3, 0.4) is 0 Å². The summed E-state index contributed by atoms with van der Waals surface area (Å²) in [4.78, 5) is 26.9. The van der Waals surface area contributed by atoms with Gasteiger partial charge in [-0.15, -0.1) is 0 Å². The first-order valence-corrected chi connectivity index (χ1v) is 10.7. The van der Waals surface area contributed by atoms with Gasteiger partial charge in [0.05, 0.1) is 6.61 Å². The Hall–Kier alpha value is -3.02. The summed E-state index contributed by atoms with van der Waals surface area (Å²) in [5.41, 5.74) is 2.38. The predicted octanol–water partition coefficient (Wildman–Crippen LogP) is 4.29. The molecule has 1 aliphatic rings. The lowest BCUT2D eigenvalue weighted by atomic mass is 10.1. The average Bonchev–Trinajstić information content (AvgIpc) is 2.78. The van der Waals surface area contributed by atoms with E-state index in [0.717, 1.165) is 43.6 Å². The molecule has 2 aromatic rings. The second-order valence-corrected chi connectivity index (χ2v) is 7.33. The fourth-order valence-electron chi connectivity index (χ4n) is 3.48. The average molecular weight is 411 g/mol. The van der Waals surface area contributed by atoms with Gasteiger partial charge < -0.3 is 19.7 Å². The number of nitrogens with one attached hydrogen (secondary N) is 1. The van der Waals surface area contributed by atoms with Crippen LogP contribution in [-0.4, -0.2) is 43.0 Å². The zero-order valence-electron chi connectivity index (χ0n) is 17.8. The second-order valence-electron chi connectivity index (χ2n) is 7.33. The summed E-state index contributed by atoms with van der Waals surface area (Å²) in [6.45, 7) is 5.92. The zero-order valence-corrected chi connectivity index (χ0v) is 17.8. The van der Waals surface area contributed by atoms with Gasteiger partial charge in [0, 0.05) is 24.3 Å². The number of carbonyl (C=O) groups is 2. The lowest BCUT2D eigenvalue weighted by Gasteiger charge is -2.26. The SMILES string of the molecule is CCOc1cc(C(=O)Nc2cccc(CC)c2)ccc1OCC(=O)N1CCCCC1. The van der Waals surface area contributed by atoms with E-state index in [4.69, 9.17) is 9.47 Å². The number of piperidine rings is 1. The van der Waals surface area contributed by atoms with Gasteiger partial charge in [0.25, 0.3) is 11.8 Å². The van der Waals surface area contributed by atoms with Crippen LogP contribution in [0, 0.1) is 0 Å². The molecule has 0 saturated carbocycles. The van der Waals surface area contributed by atoms with Crippen LogP contribution in [0.25, 0.3) is 0 Å². The molecule has 0 spiro atoms. The van der Waals surface area contributed by atoms with Gasteiger partial charge in [-0.1, -0.05) is 19.1 Å². The van der Waals surface area contributed by atoms with E-state index in [0.29, 0.717) is 23.7 Å². The van der Waals surface area contributed by atoms with Gasteiger partial charge in [0.2, 0.25) is 0 Å². The van der Waals surface area contributed by atoms with E-state index in [1.807, 2.05) is 36.1 Å². The van der Waals surface area contributed by atoms with Crippen LogP contribution in [0.1, 0.15) is 49.0 Å². The van der Waals surface area contributed by atoms with Gasteiger partial charge >= 0.3 is 0 Å². The standard InChI is InChI=1S/C24H30N2O4/c1-3-18-9-8-10-20(15-18)25-24(28)19-11-12-21(22(16-19)29-4-2)30-17-23(27)26-13-6-5-7-14-26/h8-12,15-16H,3-7,13-14,17H2,1-2H3,(H,25,28). The molecule has 0 radical (unpaired) electrons. The summed E-state index contributed by atoms with van der Waals surface area (Å²) in [6, 6.07) is 12.8. The predicted molar refractivity (Wildman–Crippen MR) is 117 cm³/mol. The number of nitrogens with zero attached hydrogens (tertiary/aromatic N) is 1. The Kier molecular flexibility index (Phi) is 7.71. The van der Waals surface area contributed by atoms with E-state index in [-0.39, 0.29) is 18.4 Å². The Labute approximate surface area is 178 Å². The van der Waals surface area contributed by atoms with Crippen LogP contribution in [-0.2, 0) is 11.2 Å². The Morgan fingerprint density at radius 1 is 0.967 bits per heavy atom. The number of aryl methyl sites for hydroxylation is 1. The molecule has 3 rings (SSSR count). The largest absolute Gasteiger partial charge is 0.490 e. The minimum absolute atomic E-state index is 0.0187. The molecule has 0 atom stereocenters. The molecule has 6 heteroatoms. The maximum absolute atomic E-state index is 12.7. The minimum atomic E-state index is -0.222. The smallest absolute Gasteiger partial charge is 0.260 e. The quantitative estimate of drug-likeness (QED) is 0.705. The van der Waals surface area contributed by atoms with E-state index < -0.39 is 0 Å². The van der Waals surface area contributed by atoms with Crippen LogP contribution >= 0.6 is 0 Å². The normalized spacial score (nSPS) is 13.6. The van der Waals surface area contributed by atoms with Crippen LogP contribution in [0.2, 0.25) is 0 Å². The molecule has 0 aromatic heterocycles. The van der Waals surface area contributed by atoms with Crippen LogP contribution < -0.4 is 14.8 Å². The summed E-state index contributed by atoms with van der Waals surface area (Å²) in [5, 5.41) is 2.92. The lowest BCUT2D eigenvalue weighted by molar-refractivity contribution is -0.134. The number of hydrogen-bond donors (Lipinski definition) is 1. The minimum Gasteiger partial charge on any atom is -0.490 e. The molecule has 0 aliphatic carbocycles. The number of carbonyl (C=O) groups excluding carboxylic acids is 2. The first kappa shape index (κ1) is 21.7. The first-order valence-electron chi connectivity index (χ1n) is 10.7. The Morgan fingerprint density at radius 2 is 1.77 bits per heavy atom. The molecule has 2 amide bonds. The van der Waals surface area contributed by atoms with Crippen molar-refractivity contribution < 1.29 is 19.1 Å². The molecule has 0 bridgehead atoms. The third kappa shape index (κ3) is 5.75. The molecule has 1 N–H and O–H groups in total. The molecule has 0 unspecified atom stereocenters. The Bertz CT molecular complexity index is 875. The highest BCUT2D eigenvalue weighted by Gasteiger charge is 2.18. The maximum atomic E-state index is 12.7. The third-order valence-electron chi connectivity index (χ3n) is 5.16. The number of amides is 2. The van der Waals surface area contributed by atoms with Crippen molar-refractivity contribution >= 4 is 17.5 Å². The first-order chi connectivity index (χ1) is 14.6. The van der Waals surface area contributed by atoms with Crippen molar-refractivity contribution in [2.75, 3.05) is 31.6 Å². The van der Waals surface area contributed by atoms with E-state index in [1.54, 1.807) is 18.2 Å². The number of hydrogen-bond acceptors (Lipinski definition) is 4. The number of ether oxygens (including phenoxy) is 2. The van der Waals surface area contributed by atoms with Crippen molar-refractivity contribution in [1.82, 2.24) is 4.90 Å². The summed E-state index contributed by atoms with van der Waals surface area (Å²) < 4.78 is 11.4. The lowest BCUT2D eigenvalue weighted by Crippen LogP contribution is -2.38. The highest BCUT2D eigenvalue weighted by atomic mass is 16.5. The van der Waals surface area contributed by atoms with E-state index in [2.05, 4.69) is 12.2 Å². The third-order valence-corrected chi connectivity index (χ3v) is 5.16. The second kappa shape index (κ2) is 10.7. The van der Waals surface area contributed by atoms with Crippen molar-refractivity contribution in [2.24, 2.45) is 0 Å². The number of benzene rings is 2. The van der Waals surface area contributed by atoms with Crippen LogP contribution in [0.4, 0.5) is 5.69 Å². The van der Waals surface area contributed by atoms with Gasteiger partial charge in [-0.2, -0.15) is 0 Å².